The van der Waals surface area contributed by atoms with E-state index < -0.39 is 0 Å². The first-order valence-electron chi connectivity index (χ1n) is 11.0. The van der Waals surface area contributed by atoms with Gasteiger partial charge in [0, 0.05) is 24.2 Å². The van der Waals surface area contributed by atoms with Crippen LogP contribution in [0.1, 0.15) is 52.7 Å². The van der Waals surface area contributed by atoms with Gasteiger partial charge < -0.3 is 14.6 Å². The maximum atomic E-state index is 13.0. The number of ether oxygens (including phenoxy) is 1. The predicted molar refractivity (Wildman–Crippen MR) is 122 cm³/mol. The molecule has 1 fully saturated rings. The van der Waals surface area contributed by atoms with Crippen molar-refractivity contribution in [1.29, 1.82) is 0 Å². The molecule has 1 aliphatic carbocycles. The Labute approximate surface area is 181 Å². The van der Waals surface area contributed by atoms with Gasteiger partial charge in [-0.25, -0.2) is 4.98 Å². The minimum atomic E-state index is -0.0515. The van der Waals surface area contributed by atoms with E-state index in [4.69, 9.17) is 9.72 Å². The smallest absolute Gasteiger partial charge is 0.251 e. The second-order valence-electron chi connectivity index (χ2n) is 8.82. The van der Waals surface area contributed by atoms with Crippen LogP contribution in [0.15, 0.2) is 48.5 Å². The average molecular weight is 412 g/mol. The summed E-state index contributed by atoms with van der Waals surface area (Å²) in [6.07, 6.45) is 3.73. The lowest BCUT2D eigenvalue weighted by molar-refractivity contribution is 0.0947. The van der Waals surface area contributed by atoms with E-state index in [-0.39, 0.29) is 12.0 Å². The van der Waals surface area contributed by atoms with E-state index in [9.17, 15) is 4.79 Å². The van der Waals surface area contributed by atoms with Gasteiger partial charge in [-0.2, -0.15) is 0 Å². The second kappa shape index (κ2) is 6.84. The van der Waals surface area contributed by atoms with Gasteiger partial charge in [-0.15, -0.1) is 0 Å². The topological polar surface area (TPSA) is 56.2 Å². The molecule has 3 aromatic carbocycles. The maximum Gasteiger partial charge on any atom is 0.251 e. The Morgan fingerprint density at radius 2 is 1.90 bits per heavy atom. The largest absolute Gasteiger partial charge is 0.483 e. The molecule has 156 valence electrons. The molecule has 31 heavy (non-hydrogen) atoms. The molecule has 1 aromatic heterocycles. The highest BCUT2D eigenvalue weighted by molar-refractivity contribution is 6.02. The molecule has 1 aliphatic heterocycles. The number of carbonyl (C=O) groups excluding carboxylic acids is 1. The maximum absolute atomic E-state index is 13.0. The van der Waals surface area contributed by atoms with Gasteiger partial charge in [0.05, 0.1) is 5.52 Å². The number of aryl methyl sites for hydroxylation is 2. The molecular weight excluding hydrogens is 386 g/mol. The fourth-order valence-electron chi connectivity index (χ4n) is 4.64. The third kappa shape index (κ3) is 3.07. The Balaban J connectivity index is 1.45. The Kier molecular flexibility index (Phi) is 4.07. The molecule has 6 rings (SSSR count). The number of amides is 1. The van der Waals surface area contributed by atoms with Gasteiger partial charge in [0.25, 0.3) is 5.91 Å². The highest BCUT2D eigenvalue weighted by Gasteiger charge is 2.31. The third-order valence-electron chi connectivity index (χ3n) is 6.68. The summed E-state index contributed by atoms with van der Waals surface area (Å²) in [6.45, 7) is 1.99. The second-order valence-corrected chi connectivity index (χ2v) is 8.82. The first-order chi connectivity index (χ1) is 15.1. The standard InChI is InChI=1S/C26H25N3O2/c1-15-27-24-22(29(15)2)14-21(26(30)28-19-9-10-19)20-11-12-23(31-25(20)24)18-8-7-16-5-3-4-6-17(16)13-18/h3-8,13-14,19,23H,9-12H2,1-2H3,(H,28,30)/t23-/m0/s1. The van der Waals surface area contributed by atoms with E-state index in [1.807, 2.05) is 24.6 Å². The van der Waals surface area contributed by atoms with Crippen LogP contribution in [0.5, 0.6) is 5.75 Å². The Morgan fingerprint density at radius 3 is 2.71 bits per heavy atom. The fourth-order valence-corrected chi connectivity index (χ4v) is 4.64. The van der Waals surface area contributed by atoms with Crippen molar-refractivity contribution in [2.24, 2.45) is 7.05 Å². The van der Waals surface area contributed by atoms with Crippen LogP contribution in [-0.2, 0) is 13.5 Å². The number of nitrogens with one attached hydrogen (secondary N) is 1. The molecule has 1 atom stereocenters. The van der Waals surface area contributed by atoms with Crippen molar-refractivity contribution < 1.29 is 9.53 Å². The highest BCUT2D eigenvalue weighted by Crippen LogP contribution is 2.42. The van der Waals surface area contributed by atoms with Crippen LogP contribution >= 0.6 is 0 Å². The van der Waals surface area contributed by atoms with Gasteiger partial charge in [-0.3, -0.25) is 4.79 Å². The minimum absolute atomic E-state index is 0.00672. The summed E-state index contributed by atoms with van der Waals surface area (Å²) in [7, 11) is 1.99. The molecule has 4 aromatic rings. The van der Waals surface area contributed by atoms with Crippen molar-refractivity contribution >= 4 is 27.7 Å². The van der Waals surface area contributed by atoms with Gasteiger partial charge in [0.15, 0.2) is 5.75 Å². The molecule has 2 aliphatic rings. The quantitative estimate of drug-likeness (QED) is 0.517. The number of aromatic nitrogens is 2. The number of rotatable bonds is 3. The van der Waals surface area contributed by atoms with E-state index in [1.54, 1.807) is 0 Å². The first-order valence-corrected chi connectivity index (χ1v) is 11.0. The molecule has 1 saturated carbocycles. The molecule has 5 nitrogen and oxygen atoms in total. The van der Waals surface area contributed by atoms with Gasteiger partial charge >= 0.3 is 0 Å². The van der Waals surface area contributed by atoms with Crippen LogP contribution < -0.4 is 10.1 Å². The Hall–Kier alpha value is -3.34. The lowest BCUT2D eigenvalue weighted by Crippen LogP contribution is -2.28. The summed E-state index contributed by atoms with van der Waals surface area (Å²) in [5.74, 6) is 1.69. The van der Waals surface area contributed by atoms with Crippen molar-refractivity contribution in [3.8, 4) is 5.75 Å². The zero-order chi connectivity index (χ0) is 21.1. The van der Waals surface area contributed by atoms with Gasteiger partial charge in [-0.1, -0.05) is 36.4 Å². The normalized spacial score (nSPS) is 18.1. The zero-order valence-corrected chi connectivity index (χ0v) is 17.8. The van der Waals surface area contributed by atoms with E-state index >= 15 is 0 Å². The predicted octanol–water partition coefficient (Wildman–Crippen LogP) is 4.99. The molecule has 0 spiro atoms. The average Bonchev–Trinajstić information content (AvgIpc) is 3.56. The number of hydrogen-bond acceptors (Lipinski definition) is 3. The van der Waals surface area contributed by atoms with E-state index in [2.05, 4.69) is 47.8 Å². The molecule has 2 heterocycles. The summed E-state index contributed by atoms with van der Waals surface area (Å²) < 4.78 is 8.64. The van der Waals surface area contributed by atoms with Crippen molar-refractivity contribution in [1.82, 2.24) is 14.9 Å². The van der Waals surface area contributed by atoms with Gasteiger partial charge in [0.2, 0.25) is 0 Å². The summed E-state index contributed by atoms with van der Waals surface area (Å²) >= 11 is 0. The number of nitrogens with zero attached hydrogens (tertiary/aromatic N) is 2. The summed E-state index contributed by atoms with van der Waals surface area (Å²) in [4.78, 5) is 17.8. The van der Waals surface area contributed by atoms with Crippen LogP contribution in [0.4, 0.5) is 0 Å². The SMILES string of the molecule is Cc1nc2c3c(c(C(=O)NC4CC4)cc2n1C)CC[C@@H](c1ccc2ccccc2c1)O3. The van der Waals surface area contributed by atoms with E-state index in [0.717, 1.165) is 65.0 Å². The molecule has 1 N–H and O–H groups in total. The van der Waals surface area contributed by atoms with E-state index in [0.29, 0.717) is 6.04 Å². The van der Waals surface area contributed by atoms with Crippen LogP contribution in [0.2, 0.25) is 0 Å². The number of benzene rings is 3. The first kappa shape index (κ1) is 18.4. The molecule has 0 radical (unpaired) electrons. The monoisotopic (exact) mass is 411 g/mol. The minimum Gasteiger partial charge on any atom is -0.483 e. The summed E-state index contributed by atoms with van der Waals surface area (Å²) in [6, 6.07) is 17.2. The zero-order valence-electron chi connectivity index (χ0n) is 17.8. The molecule has 0 bridgehead atoms. The van der Waals surface area contributed by atoms with Crippen LogP contribution in [0.25, 0.3) is 21.8 Å². The number of carbonyl (C=O) groups is 1. The summed E-state index contributed by atoms with van der Waals surface area (Å²) in [5.41, 5.74) is 4.67. The highest BCUT2D eigenvalue weighted by atomic mass is 16.5. The van der Waals surface area contributed by atoms with E-state index in [1.165, 1.54) is 10.8 Å². The van der Waals surface area contributed by atoms with Crippen LogP contribution in [0.3, 0.4) is 0 Å². The molecular formula is C26H25N3O2. The number of hydrogen-bond donors (Lipinski definition) is 1. The van der Waals surface area contributed by atoms with Crippen molar-refractivity contribution in [3.05, 3.63) is 71.0 Å². The lowest BCUT2D eigenvalue weighted by atomic mass is 9.92. The van der Waals surface area contributed by atoms with Crippen molar-refractivity contribution in [3.63, 3.8) is 0 Å². The lowest BCUT2D eigenvalue weighted by Gasteiger charge is -2.28. The van der Waals surface area contributed by atoms with Crippen molar-refractivity contribution in [2.45, 2.75) is 44.8 Å². The number of fused-ring (bicyclic) bond motifs is 4. The third-order valence-corrected chi connectivity index (χ3v) is 6.68. The number of imidazole rings is 1. The van der Waals surface area contributed by atoms with Crippen molar-refractivity contribution in [2.75, 3.05) is 0 Å². The van der Waals surface area contributed by atoms with Crippen LogP contribution in [0, 0.1) is 6.92 Å². The Bertz CT molecular complexity index is 1350. The molecule has 0 unspecified atom stereocenters. The van der Waals surface area contributed by atoms with Gasteiger partial charge in [0.1, 0.15) is 17.4 Å². The summed E-state index contributed by atoms with van der Waals surface area (Å²) in [5, 5.41) is 5.59. The van der Waals surface area contributed by atoms with Gasteiger partial charge in [-0.05, 0) is 61.1 Å². The molecule has 1 amide bonds. The molecule has 0 saturated heterocycles. The molecule has 5 heteroatoms. The fraction of sp³-hybridized carbons (Fsp3) is 0.308. The van der Waals surface area contributed by atoms with Crippen LogP contribution in [-0.4, -0.2) is 21.5 Å². The Morgan fingerprint density at radius 1 is 1.10 bits per heavy atom.